The molecule has 0 fully saturated rings. The molecular formula is C11H11Cl2NO4S. The summed E-state index contributed by atoms with van der Waals surface area (Å²) in [6, 6.07) is 4.91. The zero-order valence-corrected chi connectivity index (χ0v) is 12.0. The van der Waals surface area contributed by atoms with Crippen molar-refractivity contribution in [2.75, 3.05) is 11.5 Å². The number of rotatable bonds is 6. The van der Waals surface area contributed by atoms with Gasteiger partial charge >= 0.3 is 5.97 Å². The van der Waals surface area contributed by atoms with Gasteiger partial charge in [0, 0.05) is 17.3 Å². The maximum absolute atomic E-state index is 11.4. The molecule has 1 atom stereocenters. The summed E-state index contributed by atoms with van der Waals surface area (Å²) < 4.78 is 11.2. The summed E-state index contributed by atoms with van der Waals surface area (Å²) in [4.78, 5) is 21.7. The Labute approximate surface area is 122 Å². The van der Waals surface area contributed by atoms with Crippen molar-refractivity contribution >= 4 is 45.9 Å². The molecule has 1 aromatic carbocycles. The Hall–Kier alpha value is -1.11. The first-order chi connectivity index (χ1) is 8.88. The van der Waals surface area contributed by atoms with Gasteiger partial charge in [-0.1, -0.05) is 29.3 Å². The van der Waals surface area contributed by atoms with Crippen LogP contribution in [-0.4, -0.2) is 32.7 Å². The lowest BCUT2D eigenvalue weighted by Gasteiger charge is -2.06. The van der Waals surface area contributed by atoms with Gasteiger partial charge in [-0.2, -0.15) is 0 Å². The van der Waals surface area contributed by atoms with Gasteiger partial charge in [0.1, 0.15) is 11.5 Å². The van der Waals surface area contributed by atoms with Gasteiger partial charge in [-0.15, -0.1) is 0 Å². The first-order valence-corrected chi connectivity index (χ1v) is 7.40. The highest BCUT2D eigenvalue weighted by Crippen LogP contribution is 2.22. The van der Waals surface area contributed by atoms with Gasteiger partial charge in [0.05, 0.1) is 10.0 Å². The molecule has 1 aromatic rings. The van der Waals surface area contributed by atoms with Crippen LogP contribution in [0.3, 0.4) is 0 Å². The number of halogens is 2. The summed E-state index contributed by atoms with van der Waals surface area (Å²) in [5, 5.41) is 11.7. The summed E-state index contributed by atoms with van der Waals surface area (Å²) in [5.41, 5.74) is 0.742. The van der Waals surface area contributed by atoms with Crippen molar-refractivity contribution in [3.63, 3.8) is 0 Å². The smallest absolute Gasteiger partial charge is 0.316 e. The molecule has 0 radical (unpaired) electrons. The van der Waals surface area contributed by atoms with Crippen LogP contribution in [0.4, 0.5) is 0 Å². The maximum Gasteiger partial charge on any atom is 0.316 e. The molecule has 0 unspecified atom stereocenters. The number of nitrogens with one attached hydrogen (secondary N) is 1. The van der Waals surface area contributed by atoms with Crippen molar-refractivity contribution in [2.45, 2.75) is 6.54 Å². The largest absolute Gasteiger partial charge is 0.481 e. The molecule has 5 nitrogen and oxygen atoms in total. The molecule has 0 saturated heterocycles. The fourth-order valence-electron chi connectivity index (χ4n) is 1.24. The lowest BCUT2D eigenvalue weighted by atomic mass is 10.2. The van der Waals surface area contributed by atoms with Crippen molar-refractivity contribution in [1.29, 1.82) is 0 Å². The Kier molecular flexibility index (Phi) is 6.27. The van der Waals surface area contributed by atoms with Gasteiger partial charge in [0.25, 0.3) is 0 Å². The first kappa shape index (κ1) is 15.9. The highest BCUT2D eigenvalue weighted by molar-refractivity contribution is 7.86. The quantitative estimate of drug-likeness (QED) is 0.829. The number of carbonyl (C=O) groups excluding carboxylic acids is 1. The van der Waals surface area contributed by atoms with Crippen molar-refractivity contribution in [3.8, 4) is 0 Å². The second-order valence-electron chi connectivity index (χ2n) is 3.65. The molecule has 0 aliphatic heterocycles. The average molecular weight is 324 g/mol. The number of hydrogen-bond donors (Lipinski definition) is 2. The summed E-state index contributed by atoms with van der Waals surface area (Å²) in [7, 11) is -1.70. The molecule has 0 saturated carbocycles. The summed E-state index contributed by atoms with van der Waals surface area (Å²) in [6.07, 6.45) is 0. The highest BCUT2D eigenvalue weighted by atomic mass is 35.5. The molecule has 0 heterocycles. The molecule has 0 spiro atoms. The molecule has 2 N–H and O–H groups in total. The van der Waals surface area contributed by atoms with E-state index < -0.39 is 28.4 Å². The molecular weight excluding hydrogens is 313 g/mol. The number of benzene rings is 1. The number of carbonyl (C=O) groups is 2. The third-order valence-corrected chi connectivity index (χ3v) is 3.94. The molecule has 0 bridgehead atoms. The molecule has 1 amide bonds. The van der Waals surface area contributed by atoms with Crippen LogP contribution in [0.2, 0.25) is 10.0 Å². The molecule has 0 aliphatic carbocycles. The maximum atomic E-state index is 11.4. The third kappa shape index (κ3) is 6.04. The van der Waals surface area contributed by atoms with E-state index in [0.29, 0.717) is 10.0 Å². The van der Waals surface area contributed by atoms with E-state index >= 15 is 0 Å². The van der Waals surface area contributed by atoms with E-state index in [0.717, 1.165) is 5.56 Å². The van der Waals surface area contributed by atoms with E-state index in [1.165, 1.54) is 0 Å². The average Bonchev–Trinajstić information content (AvgIpc) is 2.29. The highest BCUT2D eigenvalue weighted by Gasteiger charge is 2.11. The number of hydrogen-bond acceptors (Lipinski definition) is 3. The molecule has 0 aromatic heterocycles. The lowest BCUT2D eigenvalue weighted by Crippen LogP contribution is -2.29. The fourth-order valence-corrected chi connectivity index (χ4v) is 2.33. The Bertz CT molecular complexity index is 521. The minimum absolute atomic E-state index is 0.208. The number of aliphatic carboxylic acids is 1. The fraction of sp³-hybridized carbons (Fsp3) is 0.273. The SMILES string of the molecule is O=C(O)C[S@@](=O)CC(=O)NCc1ccc(Cl)c(Cl)c1. The van der Waals surface area contributed by atoms with Crippen LogP contribution < -0.4 is 5.32 Å². The zero-order chi connectivity index (χ0) is 14.4. The van der Waals surface area contributed by atoms with Gasteiger partial charge in [-0.3, -0.25) is 13.8 Å². The lowest BCUT2D eigenvalue weighted by molar-refractivity contribution is -0.133. The minimum atomic E-state index is -1.70. The molecule has 1 rings (SSSR count). The van der Waals surface area contributed by atoms with Crippen LogP contribution in [0.15, 0.2) is 18.2 Å². The van der Waals surface area contributed by atoms with Gasteiger partial charge in [0.2, 0.25) is 5.91 Å². The standard InChI is InChI=1S/C11H11Cl2NO4S/c12-8-2-1-7(3-9(8)13)4-14-10(15)5-19(18)6-11(16)17/h1-3H,4-6H2,(H,14,15)(H,16,17)/t19-/m0/s1. The van der Waals surface area contributed by atoms with E-state index in [4.69, 9.17) is 28.3 Å². The van der Waals surface area contributed by atoms with E-state index in [9.17, 15) is 13.8 Å². The topological polar surface area (TPSA) is 83.5 Å². The van der Waals surface area contributed by atoms with Crippen molar-refractivity contribution in [1.82, 2.24) is 5.32 Å². The Morgan fingerprint density at radius 3 is 2.47 bits per heavy atom. The summed E-state index contributed by atoms with van der Waals surface area (Å²) in [5.74, 6) is -2.56. The van der Waals surface area contributed by atoms with Crippen LogP contribution in [-0.2, 0) is 26.9 Å². The summed E-state index contributed by atoms with van der Waals surface area (Å²) in [6.45, 7) is 0.208. The Morgan fingerprint density at radius 2 is 1.89 bits per heavy atom. The van der Waals surface area contributed by atoms with Crippen LogP contribution in [0.1, 0.15) is 5.56 Å². The van der Waals surface area contributed by atoms with E-state index in [-0.39, 0.29) is 12.3 Å². The second-order valence-corrected chi connectivity index (χ2v) is 5.92. The molecule has 8 heteroatoms. The molecule has 0 aliphatic rings. The van der Waals surface area contributed by atoms with Gasteiger partial charge < -0.3 is 10.4 Å². The van der Waals surface area contributed by atoms with E-state index in [2.05, 4.69) is 5.32 Å². The summed E-state index contributed by atoms with van der Waals surface area (Å²) >= 11 is 11.6. The number of amides is 1. The molecule has 104 valence electrons. The second kappa shape index (κ2) is 7.47. The van der Waals surface area contributed by atoms with E-state index in [1.54, 1.807) is 18.2 Å². The van der Waals surface area contributed by atoms with Gasteiger partial charge in [-0.25, -0.2) is 0 Å². The number of carboxylic acids is 1. The Morgan fingerprint density at radius 1 is 1.21 bits per heavy atom. The predicted molar refractivity (Wildman–Crippen MR) is 73.8 cm³/mol. The normalized spacial score (nSPS) is 11.9. The van der Waals surface area contributed by atoms with E-state index in [1.807, 2.05) is 0 Å². The van der Waals surface area contributed by atoms with Crippen molar-refractivity contribution in [2.24, 2.45) is 0 Å². The van der Waals surface area contributed by atoms with Crippen molar-refractivity contribution < 1.29 is 18.9 Å². The van der Waals surface area contributed by atoms with Crippen molar-refractivity contribution in [3.05, 3.63) is 33.8 Å². The monoisotopic (exact) mass is 323 g/mol. The van der Waals surface area contributed by atoms with Crippen LogP contribution in [0.5, 0.6) is 0 Å². The van der Waals surface area contributed by atoms with Gasteiger partial charge in [-0.05, 0) is 17.7 Å². The van der Waals surface area contributed by atoms with Crippen LogP contribution in [0, 0.1) is 0 Å². The molecule has 19 heavy (non-hydrogen) atoms. The first-order valence-electron chi connectivity index (χ1n) is 5.16. The number of carboxylic acid groups (broad SMARTS) is 1. The third-order valence-electron chi connectivity index (χ3n) is 2.05. The zero-order valence-electron chi connectivity index (χ0n) is 9.69. The van der Waals surface area contributed by atoms with Gasteiger partial charge in [0.15, 0.2) is 0 Å². The Balaban J connectivity index is 2.43. The minimum Gasteiger partial charge on any atom is -0.481 e. The van der Waals surface area contributed by atoms with Crippen LogP contribution in [0.25, 0.3) is 0 Å². The predicted octanol–water partition coefficient (Wildman–Crippen LogP) is 1.44. The van der Waals surface area contributed by atoms with Crippen LogP contribution >= 0.6 is 23.2 Å².